The second-order valence-electron chi connectivity index (χ2n) is 5.02. The maximum atomic E-state index is 5.32. The van der Waals surface area contributed by atoms with Crippen molar-refractivity contribution in [2.45, 2.75) is 25.4 Å². The van der Waals surface area contributed by atoms with Gasteiger partial charge in [-0.3, -0.25) is 4.98 Å². The molecule has 0 fully saturated rings. The summed E-state index contributed by atoms with van der Waals surface area (Å²) in [6, 6.07) is 13.0. The minimum Gasteiger partial charge on any atom is -0.497 e. The molecule has 0 radical (unpaired) electrons. The Hall–Kier alpha value is -1.87. The number of hydrogen-bond acceptors (Lipinski definition) is 3. The van der Waals surface area contributed by atoms with Crippen LogP contribution in [0.1, 0.15) is 29.8 Å². The molecule has 2 atom stereocenters. The van der Waals surface area contributed by atoms with Gasteiger partial charge < -0.3 is 10.1 Å². The van der Waals surface area contributed by atoms with Crippen LogP contribution < -0.4 is 10.1 Å². The molecule has 3 nitrogen and oxygen atoms in total. The lowest BCUT2D eigenvalue weighted by Crippen LogP contribution is -2.38. The minimum atomic E-state index is 0.197. The Labute approximate surface area is 113 Å². The summed E-state index contributed by atoms with van der Waals surface area (Å²) in [4.78, 5) is 4.52. The van der Waals surface area contributed by atoms with Crippen molar-refractivity contribution in [1.82, 2.24) is 10.3 Å². The third-order valence-electron chi connectivity index (χ3n) is 3.61. The van der Waals surface area contributed by atoms with Crippen molar-refractivity contribution in [3.05, 3.63) is 59.4 Å². The largest absolute Gasteiger partial charge is 0.497 e. The van der Waals surface area contributed by atoms with Gasteiger partial charge in [0, 0.05) is 24.4 Å². The molecule has 3 heteroatoms. The maximum absolute atomic E-state index is 5.32. The molecular weight excluding hydrogens is 236 g/mol. The highest BCUT2D eigenvalue weighted by atomic mass is 16.5. The summed E-state index contributed by atoms with van der Waals surface area (Å²) in [5.74, 6) is 0.892. The van der Waals surface area contributed by atoms with Gasteiger partial charge in [0.25, 0.3) is 0 Å². The van der Waals surface area contributed by atoms with E-state index in [9.17, 15) is 0 Å². The monoisotopic (exact) mass is 254 g/mol. The van der Waals surface area contributed by atoms with Gasteiger partial charge >= 0.3 is 0 Å². The molecule has 0 bridgehead atoms. The van der Waals surface area contributed by atoms with Crippen molar-refractivity contribution in [3.63, 3.8) is 0 Å². The lowest BCUT2D eigenvalue weighted by molar-refractivity contribution is 0.411. The molecule has 2 aromatic rings. The van der Waals surface area contributed by atoms with Gasteiger partial charge in [0.05, 0.1) is 13.2 Å². The predicted molar refractivity (Wildman–Crippen MR) is 75.4 cm³/mol. The zero-order chi connectivity index (χ0) is 13.2. The summed E-state index contributed by atoms with van der Waals surface area (Å²) in [5, 5.41) is 3.64. The van der Waals surface area contributed by atoms with E-state index >= 15 is 0 Å². The number of pyridine rings is 1. The van der Waals surface area contributed by atoms with Crippen LogP contribution in [0, 0.1) is 0 Å². The fourth-order valence-corrected chi connectivity index (χ4v) is 2.70. The first-order chi connectivity index (χ1) is 9.28. The standard InChI is InChI=1S/C16H18N2O/c1-11-9-15-14(7-4-8-17-15)16(18-11)12-5-3-6-13(10-12)19-2/h3-8,10-11,16,18H,9H2,1-2H3. The normalized spacial score (nSPS) is 21.8. The Morgan fingerprint density at radius 3 is 3.00 bits per heavy atom. The molecule has 19 heavy (non-hydrogen) atoms. The van der Waals surface area contributed by atoms with E-state index in [2.05, 4.69) is 35.4 Å². The van der Waals surface area contributed by atoms with Crippen molar-refractivity contribution in [3.8, 4) is 5.75 Å². The fraction of sp³-hybridized carbons (Fsp3) is 0.312. The summed E-state index contributed by atoms with van der Waals surface area (Å²) in [7, 11) is 1.70. The number of benzene rings is 1. The average Bonchev–Trinajstić information content (AvgIpc) is 2.46. The number of fused-ring (bicyclic) bond motifs is 1. The molecule has 1 aliphatic heterocycles. The third-order valence-corrected chi connectivity index (χ3v) is 3.61. The minimum absolute atomic E-state index is 0.197. The third kappa shape index (κ3) is 2.34. The van der Waals surface area contributed by atoms with Crippen molar-refractivity contribution in [2.24, 2.45) is 0 Å². The first-order valence-electron chi connectivity index (χ1n) is 6.61. The lowest BCUT2D eigenvalue weighted by atomic mass is 9.90. The molecule has 1 aromatic heterocycles. The summed E-state index contributed by atoms with van der Waals surface area (Å²) < 4.78 is 5.32. The van der Waals surface area contributed by atoms with Crippen molar-refractivity contribution >= 4 is 0 Å². The number of methoxy groups -OCH3 is 1. The van der Waals surface area contributed by atoms with Crippen LogP contribution in [0.3, 0.4) is 0 Å². The van der Waals surface area contributed by atoms with E-state index in [1.54, 1.807) is 7.11 Å². The van der Waals surface area contributed by atoms with Crippen LogP contribution >= 0.6 is 0 Å². The Kier molecular flexibility index (Phi) is 3.22. The Bertz CT molecular complexity index is 582. The quantitative estimate of drug-likeness (QED) is 0.894. The van der Waals surface area contributed by atoms with Gasteiger partial charge in [-0.25, -0.2) is 0 Å². The smallest absolute Gasteiger partial charge is 0.119 e. The number of ether oxygens (including phenoxy) is 1. The van der Waals surface area contributed by atoms with E-state index in [-0.39, 0.29) is 6.04 Å². The molecule has 2 heterocycles. The number of rotatable bonds is 2. The zero-order valence-corrected chi connectivity index (χ0v) is 11.3. The van der Waals surface area contributed by atoms with Crippen molar-refractivity contribution in [2.75, 3.05) is 7.11 Å². The molecule has 1 N–H and O–H groups in total. The van der Waals surface area contributed by atoms with Gasteiger partial charge in [0.1, 0.15) is 5.75 Å². The van der Waals surface area contributed by atoms with E-state index in [0.717, 1.165) is 12.2 Å². The Morgan fingerprint density at radius 2 is 2.16 bits per heavy atom. The molecule has 0 saturated heterocycles. The van der Waals surface area contributed by atoms with Crippen molar-refractivity contribution < 1.29 is 4.74 Å². The van der Waals surface area contributed by atoms with Gasteiger partial charge in [0.15, 0.2) is 0 Å². The van der Waals surface area contributed by atoms with Crippen LogP contribution in [0.15, 0.2) is 42.6 Å². The molecule has 2 unspecified atom stereocenters. The Morgan fingerprint density at radius 1 is 1.26 bits per heavy atom. The van der Waals surface area contributed by atoms with Gasteiger partial charge in [-0.05, 0) is 36.2 Å². The van der Waals surface area contributed by atoms with Crippen LogP contribution in [0.5, 0.6) is 5.75 Å². The topological polar surface area (TPSA) is 34.1 Å². The van der Waals surface area contributed by atoms with E-state index in [1.807, 2.05) is 24.4 Å². The highest BCUT2D eigenvalue weighted by Crippen LogP contribution is 2.30. The molecule has 0 spiro atoms. The highest BCUT2D eigenvalue weighted by molar-refractivity contribution is 5.39. The number of nitrogens with one attached hydrogen (secondary N) is 1. The molecule has 1 aromatic carbocycles. The van der Waals surface area contributed by atoms with Crippen LogP contribution in [0.25, 0.3) is 0 Å². The molecule has 0 saturated carbocycles. The predicted octanol–water partition coefficient (Wildman–Crippen LogP) is 2.71. The zero-order valence-electron chi connectivity index (χ0n) is 11.3. The molecule has 1 aliphatic rings. The number of hydrogen-bond donors (Lipinski definition) is 1. The van der Waals surface area contributed by atoms with Crippen molar-refractivity contribution in [1.29, 1.82) is 0 Å². The van der Waals surface area contributed by atoms with Crippen LogP contribution in [0.2, 0.25) is 0 Å². The molecular formula is C16H18N2O. The van der Waals surface area contributed by atoms with E-state index in [1.165, 1.54) is 16.8 Å². The SMILES string of the molecule is COc1cccc(C2NC(C)Cc3ncccc32)c1. The fourth-order valence-electron chi connectivity index (χ4n) is 2.70. The Balaban J connectivity index is 2.04. The first-order valence-corrected chi connectivity index (χ1v) is 6.61. The summed E-state index contributed by atoms with van der Waals surface area (Å²) in [5.41, 5.74) is 3.69. The average molecular weight is 254 g/mol. The van der Waals surface area contributed by atoms with E-state index in [0.29, 0.717) is 6.04 Å². The van der Waals surface area contributed by atoms with Gasteiger partial charge in [-0.1, -0.05) is 18.2 Å². The highest BCUT2D eigenvalue weighted by Gasteiger charge is 2.25. The van der Waals surface area contributed by atoms with Gasteiger partial charge in [0.2, 0.25) is 0 Å². The van der Waals surface area contributed by atoms with Gasteiger partial charge in [-0.15, -0.1) is 0 Å². The first kappa shape index (κ1) is 12.2. The lowest BCUT2D eigenvalue weighted by Gasteiger charge is -2.31. The second-order valence-corrected chi connectivity index (χ2v) is 5.02. The second kappa shape index (κ2) is 5.02. The summed E-state index contributed by atoms with van der Waals surface area (Å²) in [6.07, 6.45) is 2.86. The van der Waals surface area contributed by atoms with Crippen LogP contribution in [-0.4, -0.2) is 18.1 Å². The maximum Gasteiger partial charge on any atom is 0.119 e. The molecule has 0 aliphatic carbocycles. The number of aromatic nitrogens is 1. The molecule has 0 amide bonds. The molecule has 3 rings (SSSR count). The van der Waals surface area contributed by atoms with Crippen LogP contribution in [-0.2, 0) is 6.42 Å². The van der Waals surface area contributed by atoms with Crippen LogP contribution in [0.4, 0.5) is 0 Å². The molecule has 98 valence electrons. The van der Waals surface area contributed by atoms with E-state index < -0.39 is 0 Å². The summed E-state index contributed by atoms with van der Waals surface area (Å²) in [6.45, 7) is 2.20. The number of nitrogens with zero attached hydrogens (tertiary/aromatic N) is 1. The van der Waals surface area contributed by atoms with E-state index in [4.69, 9.17) is 4.74 Å². The summed E-state index contributed by atoms with van der Waals surface area (Å²) >= 11 is 0. The van der Waals surface area contributed by atoms with Gasteiger partial charge in [-0.2, -0.15) is 0 Å².